The molecule has 2 unspecified atom stereocenters. The quantitative estimate of drug-likeness (QED) is 0.157. The van der Waals surface area contributed by atoms with Crippen LogP contribution >= 0.6 is 31.9 Å². The van der Waals surface area contributed by atoms with Gasteiger partial charge in [-0.15, -0.1) is 0 Å². The van der Waals surface area contributed by atoms with Gasteiger partial charge < -0.3 is 20.8 Å². The lowest BCUT2D eigenvalue weighted by molar-refractivity contribution is 0.238. The van der Waals surface area contributed by atoms with Gasteiger partial charge in [0.05, 0.1) is 11.4 Å². The molecule has 4 aromatic carbocycles. The number of aromatic hydroxyl groups is 2. The summed E-state index contributed by atoms with van der Waals surface area (Å²) in [6.07, 6.45) is 5.47. The van der Waals surface area contributed by atoms with Crippen LogP contribution in [0, 0.1) is 0 Å². The van der Waals surface area contributed by atoms with Gasteiger partial charge in [-0.1, -0.05) is 56.1 Å². The van der Waals surface area contributed by atoms with Crippen LogP contribution in [-0.4, -0.2) is 84.8 Å². The third-order valence-electron chi connectivity index (χ3n) is 8.57. The van der Waals surface area contributed by atoms with Gasteiger partial charge in [0.1, 0.15) is 11.5 Å². The maximum Gasteiger partial charge on any atom is 0.128 e. The van der Waals surface area contributed by atoms with Crippen molar-refractivity contribution in [1.29, 1.82) is 0 Å². The van der Waals surface area contributed by atoms with Gasteiger partial charge in [0.25, 0.3) is 0 Å². The summed E-state index contributed by atoms with van der Waals surface area (Å²) in [6, 6.07) is 19.8. The Balaban J connectivity index is 1.46. The van der Waals surface area contributed by atoms with Gasteiger partial charge in [0.2, 0.25) is 0 Å². The van der Waals surface area contributed by atoms with Crippen molar-refractivity contribution in [2.45, 2.75) is 25.9 Å². The zero-order valence-corrected chi connectivity index (χ0v) is 29.0. The number of phenolic OH excluding ortho intramolecular Hbond substituents is 2. The summed E-state index contributed by atoms with van der Waals surface area (Å²) in [6.45, 7) is 8.45. The van der Waals surface area contributed by atoms with E-state index in [-0.39, 0.29) is 11.5 Å². The van der Waals surface area contributed by atoms with E-state index in [1.54, 1.807) is 12.4 Å². The largest absolute Gasteiger partial charge is 0.507 e. The molecule has 10 heteroatoms. The van der Waals surface area contributed by atoms with Crippen LogP contribution in [0.3, 0.4) is 0 Å². The van der Waals surface area contributed by atoms with Crippen molar-refractivity contribution in [3.63, 3.8) is 0 Å². The molecule has 8 nitrogen and oxygen atoms in total. The van der Waals surface area contributed by atoms with E-state index in [9.17, 15) is 10.2 Å². The average molecular weight is 749 g/mol. The minimum absolute atomic E-state index is 0.246. The fraction of sp³-hybridized carbons (Fsp3) is 0.333. The number of hydrogen-bond donors (Lipinski definition) is 4. The lowest BCUT2D eigenvalue weighted by Gasteiger charge is -2.26. The van der Waals surface area contributed by atoms with E-state index in [1.165, 1.54) is 0 Å². The van der Waals surface area contributed by atoms with Crippen molar-refractivity contribution < 1.29 is 10.2 Å². The number of aliphatic imine (C=N–C) groups is 2. The Morgan fingerprint density at radius 2 is 1.09 bits per heavy atom. The lowest BCUT2D eigenvalue weighted by atomic mass is 10.1. The zero-order chi connectivity index (χ0) is 31.9. The number of nitrogens with one attached hydrogen (secondary N) is 2. The normalized spacial score (nSPS) is 20.0. The van der Waals surface area contributed by atoms with Crippen molar-refractivity contribution in [3.8, 4) is 11.5 Å². The number of hydrogen-bond acceptors (Lipinski definition) is 8. The fourth-order valence-corrected chi connectivity index (χ4v) is 7.24. The molecular formula is C36H40Br2N6O2. The monoisotopic (exact) mass is 746 g/mol. The van der Waals surface area contributed by atoms with Gasteiger partial charge in [0.15, 0.2) is 0 Å². The summed E-state index contributed by atoms with van der Waals surface area (Å²) in [7, 11) is 0. The molecule has 1 saturated heterocycles. The van der Waals surface area contributed by atoms with Crippen LogP contribution in [0.1, 0.15) is 35.1 Å². The van der Waals surface area contributed by atoms with E-state index in [4.69, 9.17) is 9.98 Å². The Labute approximate surface area is 287 Å². The van der Waals surface area contributed by atoms with Crippen molar-refractivity contribution in [2.75, 3.05) is 52.4 Å². The van der Waals surface area contributed by atoms with E-state index >= 15 is 0 Å². The van der Waals surface area contributed by atoms with Gasteiger partial charge in [-0.25, -0.2) is 0 Å². The number of fused-ring (bicyclic) bond motifs is 10. The topological polar surface area (TPSA) is 95.7 Å². The van der Waals surface area contributed by atoms with Crippen molar-refractivity contribution in [1.82, 2.24) is 20.4 Å². The summed E-state index contributed by atoms with van der Waals surface area (Å²) in [5, 5.41) is 32.0. The second kappa shape index (κ2) is 15.6. The molecule has 0 saturated carbocycles. The van der Waals surface area contributed by atoms with Crippen LogP contribution in [0.15, 0.2) is 79.6 Å². The first-order valence-corrected chi connectivity index (χ1v) is 17.5. The van der Waals surface area contributed by atoms with Crippen LogP contribution in [0.5, 0.6) is 11.5 Å². The molecule has 46 heavy (non-hydrogen) atoms. The van der Waals surface area contributed by atoms with Gasteiger partial charge >= 0.3 is 0 Å². The Morgan fingerprint density at radius 1 is 0.609 bits per heavy atom. The second-order valence-electron chi connectivity index (χ2n) is 11.9. The summed E-state index contributed by atoms with van der Waals surface area (Å²) in [4.78, 5) is 14.6. The first-order chi connectivity index (χ1) is 22.4. The number of rotatable bonds is 0. The van der Waals surface area contributed by atoms with Crippen molar-refractivity contribution in [3.05, 3.63) is 91.9 Å². The molecule has 0 aromatic heterocycles. The standard InChI is InChI=1S/C36H40Br2N6O2/c37-30-17-26-21-41-32-7-1-5-25-6-2-8-33(34(25)32)42-22-27-18-31(38)20-29(36(27)46)24-44-14-4-10-39-11-15-43(13-3-9-40-12-16-44)23-28(19-30)35(26)45/h1-2,5-8,17-22,39-40,45-46H,3-4,9-16,23-24H2. The van der Waals surface area contributed by atoms with Crippen LogP contribution in [0.25, 0.3) is 10.8 Å². The number of nitrogens with zero attached hydrogens (tertiary/aromatic N) is 4. The first-order valence-electron chi connectivity index (χ1n) is 15.9. The maximum atomic E-state index is 11.4. The van der Waals surface area contributed by atoms with Gasteiger partial charge in [-0.05, 0) is 80.8 Å². The third-order valence-corrected chi connectivity index (χ3v) is 9.48. The van der Waals surface area contributed by atoms with Crippen LogP contribution in [-0.2, 0) is 13.1 Å². The summed E-state index contributed by atoms with van der Waals surface area (Å²) in [5.41, 5.74) is 4.54. The molecule has 4 aromatic rings. The van der Waals surface area contributed by atoms with Crippen molar-refractivity contribution in [2.24, 2.45) is 9.98 Å². The Bertz CT molecular complexity index is 1610. The van der Waals surface area contributed by atoms with Crippen LogP contribution in [0.4, 0.5) is 11.4 Å². The van der Waals surface area contributed by atoms with Crippen molar-refractivity contribution >= 4 is 66.4 Å². The molecule has 3 heterocycles. The highest BCUT2D eigenvalue weighted by Crippen LogP contribution is 2.36. The number of benzene rings is 4. The predicted octanol–water partition coefficient (Wildman–Crippen LogP) is 6.87. The molecule has 2 atom stereocenters. The highest BCUT2D eigenvalue weighted by atomic mass is 79.9. The molecule has 7 rings (SSSR count). The Morgan fingerprint density at radius 3 is 1.57 bits per heavy atom. The molecule has 3 aliphatic heterocycles. The van der Waals surface area contributed by atoms with Gasteiger partial charge in [0, 0.05) is 88.3 Å². The molecule has 240 valence electrons. The van der Waals surface area contributed by atoms with E-state index in [0.717, 1.165) is 107 Å². The summed E-state index contributed by atoms with van der Waals surface area (Å²) < 4.78 is 1.80. The minimum Gasteiger partial charge on any atom is -0.507 e. The molecule has 6 bridgehead atoms. The molecule has 3 aliphatic rings. The smallest absolute Gasteiger partial charge is 0.128 e. The summed E-state index contributed by atoms with van der Waals surface area (Å²) in [5.74, 6) is 0.491. The molecule has 0 spiro atoms. The SMILES string of the molecule is Oc1c2cc(Br)cc1CN1CCCNCCN(CCCNCC1)Cc1cc(Br)cc(c1O)C=Nc1cccc3cccc(c13)N=C2. The predicted molar refractivity (Wildman–Crippen MR) is 196 cm³/mol. The van der Waals surface area contributed by atoms with E-state index in [2.05, 4.69) is 52.3 Å². The minimum atomic E-state index is 0.246. The Hall–Kier alpha value is -3.12. The van der Waals surface area contributed by atoms with E-state index < -0.39 is 0 Å². The molecule has 0 aliphatic carbocycles. The lowest BCUT2D eigenvalue weighted by Crippen LogP contribution is -2.38. The highest BCUT2D eigenvalue weighted by molar-refractivity contribution is 9.10. The third kappa shape index (κ3) is 8.23. The number of phenols is 2. The fourth-order valence-electron chi connectivity index (χ4n) is 6.19. The van der Waals surface area contributed by atoms with Gasteiger partial charge in [-0.3, -0.25) is 19.8 Å². The van der Waals surface area contributed by atoms with E-state index in [0.29, 0.717) is 24.2 Å². The highest BCUT2D eigenvalue weighted by Gasteiger charge is 2.16. The van der Waals surface area contributed by atoms with E-state index in [1.807, 2.05) is 60.7 Å². The molecule has 0 radical (unpaired) electrons. The van der Waals surface area contributed by atoms with Gasteiger partial charge in [-0.2, -0.15) is 0 Å². The molecule has 1 fully saturated rings. The molecular weight excluding hydrogens is 708 g/mol. The average Bonchev–Trinajstić information content (AvgIpc) is 3.04. The zero-order valence-electron chi connectivity index (χ0n) is 25.9. The molecule has 4 N–H and O–H groups in total. The molecule has 0 amide bonds. The van der Waals surface area contributed by atoms with Crippen LogP contribution in [0.2, 0.25) is 0 Å². The maximum absolute atomic E-state index is 11.4. The van der Waals surface area contributed by atoms with Crippen LogP contribution < -0.4 is 10.6 Å². The number of halogens is 2. The summed E-state index contributed by atoms with van der Waals surface area (Å²) >= 11 is 7.36. The second-order valence-corrected chi connectivity index (χ2v) is 13.8. The Kier molecular flexibility index (Phi) is 11.2. The first kappa shape index (κ1) is 32.8.